The summed E-state index contributed by atoms with van der Waals surface area (Å²) in [5.74, 6) is 0.846. The minimum atomic E-state index is 0. The van der Waals surface area contributed by atoms with Crippen molar-refractivity contribution in [3.05, 3.63) is 47.0 Å². The number of nitrogens with zero attached hydrogens (tertiary/aromatic N) is 2. The maximum Gasteiger partial charge on any atom is 0.191 e. The average Bonchev–Trinajstić information content (AvgIpc) is 3.16. The number of rotatable bonds is 5. The molecule has 5 nitrogen and oxygen atoms in total. The molecular weight excluding hydrogens is 463 g/mol. The number of nitrogens with one attached hydrogen (secondary N) is 2. The van der Waals surface area contributed by atoms with Crippen molar-refractivity contribution in [3.8, 4) is 0 Å². The largest absolute Gasteiger partial charge is 0.379 e. The lowest BCUT2D eigenvalue weighted by atomic mass is 10.0. The number of aliphatic imine (C=N–C) groups is 1. The van der Waals surface area contributed by atoms with E-state index in [4.69, 9.17) is 16.3 Å². The molecule has 1 atom stereocenters. The minimum absolute atomic E-state index is 0. The van der Waals surface area contributed by atoms with Gasteiger partial charge in [0, 0.05) is 37.7 Å². The predicted molar refractivity (Wildman–Crippen MR) is 119 cm³/mol. The monoisotopic (exact) mass is 490 g/mol. The lowest BCUT2D eigenvalue weighted by Gasteiger charge is -2.35. The number of ether oxygens (including phenoxy) is 1. The Bertz CT molecular complexity index is 611. The molecule has 1 aliphatic heterocycles. The molecule has 7 heteroatoms. The Hall–Kier alpha value is -0.830. The van der Waals surface area contributed by atoms with E-state index in [-0.39, 0.29) is 30.0 Å². The highest BCUT2D eigenvalue weighted by molar-refractivity contribution is 14.0. The first-order chi connectivity index (χ1) is 12.3. The number of hydrogen-bond donors (Lipinski definition) is 2. The zero-order chi connectivity index (χ0) is 17.5. The van der Waals surface area contributed by atoms with E-state index in [1.807, 2.05) is 25.2 Å². The van der Waals surface area contributed by atoms with Gasteiger partial charge < -0.3 is 15.4 Å². The molecule has 0 amide bonds. The molecule has 1 unspecified atom stereocenters. The third-order valence-corrected chi connectivity index (χ3v) is 5.13. The quantitative estimate of drug-likeness (QED) is 0.288. The van der Waals surface area contributed by atoms with Gasteiger partial charge in [-0.25, -0.2) is 0 Å². The van der Waals surface area contributed by atoms with E-state index in [0.717, 1.165) is 62.2 Å². The van der Waals surface area contributed by atoms with Crippen LogP contribution in [0.15, 0.2) is 41.4 Å². The molecule has 1 saturated heterocycles. The van der Waals surface area contributed by atoms with Gasteiger partial charge in [-0.05, 0) is 24.5 Å². The van der Waals surface area contributed by atoms with Gasteiger partial charge in [0.25, 0.3) is 0 Å². The van der Waals surface area contributed by atoms with Crippen LogP contribution in [0.5, 0.6) is 0 Å². The molecule has 0 spiro atoms. The van der Waals surface area contributed by atoms with E-state index < -0.39 is 0 Å². The van der Waals surface area contributed by atoms with Crippen LogP contribution in [-0.4, -0.2) is 56.8 Å². The normalized spacial score (nSPS) is 19.8. The highest BCUT2D eigenvalue weighted by atomic mass is 127. The Morgan fingerprint density at radius 3 is 2.62 bits per heavy atom. The molecule has 0 bridgehead atoms. The van der Waals surface area contributed by atoms with Gasteiger partial charge in [-0.3, -0.25) is 9.89 Å². The van der Waals surface area contributed by atoms with Crippen LogP contribution in [0.2, 0.25) is 5.02 Å². The second-order valence-electron chi connectivity index (χ2n) is 6.42. The second kappa shape index (κ2) is 11.1. The van der Waals surface area contributed by atoms with Gasteiger partial charge in [0.2, 0.25) is 0 Å². The van der Waals surface area contributed by atoms with Crippen molar-refractivity contribution in [3.63, 3.8) is 0 Å². The summed E-state index contributed by atoms with van der Waals surface area (Å²) in [7, 11) is 1.82. The maximum atomic E-state index is 6.49. The Kier molecular flexibility index (Phi) is 9.18. The maximum absolute atomic E-state index is 6.49. The fourth-order valence-electron chi connectivity index (χ4n) is 3.39. The van der Waals surface area contributed by atoms with Crippen molar-refractivity contribution in [2.45, 2.75) is 24.9 Å². The van der Waals surface area contributed by atoms with Crippen molar-refractivity contribution in [2.24, 2.45) is 4.99 Å². The van der Waals surface area contributed by atoms with Crippen molar-refractivity contribution >= 4 is 41.5 Å². The number of halogens is 2. The Balaban J connectivity index is 0.00000243. The van der Waals surface area contributed by atoms with Crippen LogP contribution >= 0.6 is 35.6 Å². The Morgan fingerprint density at radius 2 is 1.96 bits per heavy atom. The van der Waals surface area contributed by atoms with E-state index in [1.54, 1.807) is 0 Å². The Morgan fingerprint density at radius 1 is 1.27 bits per heavy atom. The van der Waals surface area contributed by atoms with Crippen molar-refractivity contribution < 1.29 is 4.74 Å². The molecule has 1 aromatic rings. The molecule has 2 N–H and O–H groups in total. The summed E-state index contributed by atoms with van der Waals surface area (Å²) >= 11 is 6.49. The van der Waals surface area contributed by atoms with Crippen LogP contribution < -0.4 is 10.6 Å². The number of guanidine groups is 1. The molecule has 144 valence electrons. The fraction of sp³-hybridized carbons (Fsp3) is 0.526. The van der Waals surface area contributed by atoms with Gasteiger partial charge in [0.05, 0.1) is 19.3 Å². The van der Waals surface area contributed by atoms with Crippen LogP contribution in [0.1, 0.15) is 24.4 Å². The van der Waals surface area contributed by atoms with Gasteiger partial charge in [0.1, 0.15) is 0 Å². The lowest BCUT2D eigenvalue weighted by molar-refractivity contribution is 0.0170. The summed E-state index contributed by atoms with van der Waals surface area (Å²) in [6.45, 7) is 4.11. The third kappa shape index (κ3) is 5.84. The van der Waals surface area contributed by atoms with Crippen LogP contribution in [-0.2, 0) is 4.74 Å². The summed E-state index contributed by atoms with van der Waals surface area (Å²) in [5, 5.41) is 7.79. The molecule has 1 aromatic carbocycles. The topological polar surface area (TPSA) is 48.9 Å². The molecule has 0 saturated carbocycles. The van der Waals surface area contributed by atoms with Crippen molar-refractivity contribution in [1.29, 1.82) is 0 Å². The van der Waals surface area contributed by atoms with E-state index in [1.165, 1.54) is 0 Å². The third-order valence-electron chi connectivity index (χ3n) is 4.79. The van der Waals surface area contributed by atoms with Gasteiger partial charge in [-0.1, -0.05) is 42.0 Å². The number of hydrogen-bond acceptors (Lipinski definition) is 3. The molecule has 0 radical (unpaired) electrons. The van der Waals surface area contributed by atoms with E-state index in [2.05, 4.69) is 38.7 Å². The summed E-state index contributed by atoms with van der Waals surface area (Å²) in [6, 6.07) is 8.73. The summed E-state index contributed by atoms with van der Waals surface area (Å²) in [5.41, 5.74) is 1.15. The SMILES string of the molecule is CN=C(NCC(c1ccccc1Cl)N1CCOCC1)NC1CC=CC1.I. The molecule has 1 aliphatic carbocycles. The first-order valence-electron chi connectivity index (χ1n) is 8.96. The van der Waals surface area contributed by atoms with Gasteiger partial charge in [0.15, 0.2) is 5.96 Å². The second-order valence-corrected chi connectivity index (χ2v) is 6.83. The predicted octanol–water partition coefficient (Wildman–Crippen LogP) is 3.21. The van der Waals surface area contributed by atoms with E-state index in [9.17, 15) is 0 Å². The van der Waals surface area contributed by atoms with Crippen LogP contribution in [0.4, 0.5) is 0 Å². The first kappa shape index (κ1) is 21.5. The number of benzene rings is 1. The highest BCUT2D eigenvalue weighted by Gasteiger charge is 2.24. The molecular formula is C19H28ClIN4O. The van der Waals surface area contributed by atoms with Gasteiger partial charge >= 0.3 is 0 Å². The first-order valence-corrected chi connectivity index (χ1v) is 9.34. The van der Waals surface area contributed by atoms with Crippen LogP contribution in [0, 0.1) is 0 Å². The molecule has 26 heavy (non-hydrogen) atoms. The molecule has 2 aliphatic rings. The van der Waals surface area contributed by atoms with Crippen LogP contribution in [0.3, 0.4) is 0 Å². The molecule has 1 fully saturated rings. The summed E-state index contributed by atoms with van der Waals surface area (Å²) in [6.07, 6.45) is 6.53. The van der Waals surface area contributed by atoms with E-state index in [0.29, 0.717) is 6.04 Å². The van der Waals surface area contributed by atoms with Gasteiger partial charge in [-0.15, -0.1) is 24.0 Å². The lowest BCUT2D eigenvalue weighted by Crippen LogP contribution is -2.48. The standard InChI is InChI=1S/C19H27ClN4O.HI/c1-21-19(23-15-6-2-3-7-15)22-14-18(24-10-12-25-13-11-24)16-8-4-5-9-17(16)20;/h2-5,8-9,15,18H,6-7,10-14H2,1H3,(H2,21,22,23);1H. The summed E-state index contributed by atoms with van der Waals surface area (Å²) in [4.78, 5) is 6.81. The van der Waals surface area contributed by atoms with Crippen molar-refractivity contribution in [1.82, 2.24) is 15.5 Å². The zero-order valence-corrected chi connectivity index (χ0v) is 18.2. The smallest absolute Gasteiger partial charge is 0.191 e. The van der Waals surface area contributed by atoms with Gasteiger partial charge in [-0.2, -0.15) is 0 Å². The van der Waals surface area contributed by atoms with Crippen molar-refractivity contribution in [2.75, 3.05) is 39.9 Å². The molecule has 0 aromatic heterocycles. The summed E-state index contributed by atoms with van der Waals surface area (Å²) < 4.78 is 5.51. The van der Waals surface area contributed by atoms with Crippen LogP contribution in [0.25, 0.3) is 0 Å². The fourth-order valence-corrected chi connectivity index (χ4v) is 3.65. The zero-order valence-electron chi connectivity index (χ0n) is 15.2. The Labute approximate surface area is 178 Å². The molecule has 1 heterocycles. The molecule has 3 rings (SSSR count). The number of morpholine rings is 1. The average molecular weight is 491 g/mol. The highest BCUT2D eigenvalue weighted by Crippen LogP contribution is 2.27. The minimum Gasteiger partial charge on any atom is -0.379 e. The van der Waals surface area contributed by atoms with E-state index >= 15 is 0 Å².